The van der Waals surface area contributed by atoms with Crippen LogP contribution >= 0.6 is 0 Å². The number of nitrogens with two attached hydrogens (primary N) is 1. The van der Waals surface area contributed by atoms with Crippen molar-refractivity contribution in [2.24, 2.45) is 11.1 Å². The van der Waals surface area contributed by atoms with Crippen molar-refractivity contribution < 1.29 is 18.7 Å². The third kappa shape index (κ3) is 4.37. The number of ether oxygens (including phenoxy) is 2. The minimum absolute atomic E-state index is 0.155. The molecule has 2 bridgehead atoms. The van der Waals surface area contributed by atoms with Gasteiger partial charge in [0.15, 0.2) is 0 Å². The zero-order valence-electron chi connectivity index (χ0n) is 18.6. The Morgan fingerprint density at radius 1 is 1.16 bits per heavy atom. The van der Waals surface area contributed by atoms with Crippen LogP contribution in [-0.4, -0.2) is 50.3 Å². The van der Waals surface area contributed by atoms with Gasteiger partial charge in [0.25, 0.3) is 0 Å². The van der Waals surface area contributed by atoms with Crippen LogP contribution in [0.1, 0.15) is 56.9 Å². The van der Waals surface area contributed by atoms with Crippen LogP contribution in [0.4, 0.5) is 4.39 Å². The first-order valence-corrected chi connectivity index (χ1v) is 11.6. The number of amides is 1. The van der Waals surface area contributed by atoms with Crippen LogP contribution in [0, 0.1) is 5.41 Å². The Morgan fingerprint density at radius 3 is 2.32 bits per heavy atom. The van der Waals surface area contributed by atoms with E-state index < -0.39 is 0 Å². The summed E-state index contributed by atoms with van der Waals surface area (Å²) in [7, 11) is 2.00. The van der Waals surface area contributed by atoms with Crippen LogP contribution in [0.2, 0.25) is 0 Å². The molecular weight excluding hydrogens is 395 g/mol. The number of carbonyl (C=O) groups excluding carboxylic acids is 1. The number of carbonyl (C=O) groups is 1. The minimum Gasteiger partial charge on any atom is -0.489 e. The fourth-order valence-electron chi connectivity index (χ4n) is 5.77. The second-order valence-corrected chi connectivity index (χ2v) is 9.60. The molecule has 4 fully saturated rings. The molecule has 1 heterocycles. The molecule has 1 aliphatic heterocycles. The summed E-state index contributed by atoms with van der Waals surface area (Å²) in [5.41, 5.74) is 7.25. The maximum absolute atomic E-state index is 13.5. The van der Waals surface area contributed by atoms with Crippen molar-refractivity contribution in [3.63, 3.8) is 0 Å². The van der Waals surface area contributed by atoms with E-state index in [1.54, 1.807) is 0 Å². The Morgan fingerprint density at radius 2 is 1.77 bits per heavy atom. The molecule has 5 nitrogen and oxygen atoms in total. The van der Waals surface area contributed by atoms with Crippen LogP contribution < -0.4 is 10.5 Å². The first-order valence-electron chi connectivity index (χ1n) is 11.6. The number of hydrogen-bond donors (Lipinski definition) is 1. The average Bonchev–Trinajstić information content (AvgIpc) is 2.85. The molecule has 4 aliphatic rings. The van der Waals surface area contributed by atoms with Crippen LogP contribution in [0.25, 0.3) is 0 Å². The Bertz CT molecular complexity index is 777. The zero-order valence-corrected chi connectivity index (χ0v) is 18.6. The van der Waals surface area contributed by atoms with Gasteiger partial charge in [-0.2, -0.15) is 0 Å². The summed E-state index contributed by atoms with van der Waals surface area (Å²) in [5.74, 6) is 1.08. The van der Waals surface area contributed by atoms with Gasteiger partial charge in [0.1, 0.15) is 12.4 Å². The Hall–Kier alpha value is -1.92. The Labute approximate surface area is 184 Å². The normalized spacial score (nSPS) is 29.1. The van der Waals surface area contributed by atoms with Crippen LogP contribution in [0.5, 0.6) is 5.75 Å². The van der Waals surface area contributed by atoms with Gasteiger partial charge in [-0.25, -0.2) is 4.39 Å². The number of fused-ring (bicyclic) bond motifs is 3. The van der Waals surface area contributed by atoms with Gasteiger partial charge < -0.3 is 20.1 Å². The smallest absolute Gasteiger partial charge is 0.228 e. The third-order valence-corrected chi connectivity index (χ3v) is 8.07. The molecule has 0 atom stereocenters. The van der Waals surface area contributed by atoms with E-state index in [1.807, 2.05) is 24.1 Å². The van der Waals surface area contributed by atoms with Gasteiger partial charge in [-0.15, -0.1) is 0 Å². The van der Waals surface area contributed by atoms with E-state index >= 15 is 0 Å². The molecule has 6 heteroatoms. The highest BCUT2D eigenvalue weighted by atomic mass is 19.1. The van der Waals surface area contributed by atoms with Gasteiger partial charge in [-0.1, -0.05) is 12.1 Å². The monoisotopic (exact) mass is 430 g/mol. The SMILES string of the molecule is CN(C(=O)C12CCC(c3ccc(OCC(=CF)CN)cc3)(CC1)CC2)C1CCOCC1. The molecule has 0 spiro atoms. The molecule has 3 saturated carbocycles. The van der Waals surface area contributed by atoms with E-state index in [-0.39, 0.29) is 24.0 Å². The number of rotatable bonds is 7. The van der Waals surface area contributed by atoms with E-state index in [0.717, 1.165) is 70.3 Å². The van der Waals surface area contributed by atoms with Crippen LogP contribution in [0.15, 0.2) is 36.2 Å². The van der Waals surface area contributed by atoms with Crippen molar-refractivity contribution in [1.29, 1.82) is 0 Å². The van der Waals surface area contributed by atoms with Gasteiger partial charge in [0, 0.05) is 43.8 Å². The highest BCUT2D eigenvalue weighted by Crippen LogP contribution is 2.58. The summed E-state index contributed by atoms with van der Waals surface area (Å²) in [6.07, 6.45) is 8.50. The number of nitrogens with zero attached hydrogens (tertiary/aromatic N) is 1. The predicted octanol–water partition coefficient (Wildman–Crippen LogP) is 4.11. The highest BCUT2D eigenvalue weighted by Gasteiger charge is 2.54. The highest BCUT2D eigenvalue weighted by molar-refractivity contribution is 5.83. The summed E-state index contributed by atoms with van der Waals surface area (Å²) >= 11 is 0. The first-order chi connectivity index (χ1) is 15.0. The molecule has 31 heavy (non-hydrogen) atoms. The molecule has 0 radical (unpaired) electrons. The molecule has 170 valence electrons. The number of hydrogen-bond acceptors (Lipinski definition) is 4. The van der Waals surface area contributed by atoms with Gasteiger partial charge in [0.05, 0.1) is 6.33 Å². The summed E-state index contributed by atoms with van der Waals surface area (Å²) in [4.78, 5) is 15.5. The molecular formula is C25H35FN2O3. The van der Waals surface area contributed by atoms with Crippen LogP contribution in [0.3, 0.4) is 0 Å². The lowest BCUT2D eigenvalue weighted by molar-refractivity contribution is -0.151. The number of halogens is 1. The van der Waals surface area contributed by atoms with Crippen LogP contribution in [-0.2, 0) is 14.9 Å². The van der Waals surface area contributed by atoms with Gasteiger partial charge in [0.2, 0.25) is 5.91 Å². The molecule has 5 rings (SSSR count). The Balaban J connectivity index is 1.38. The molecule has 0 unspecified atom stereocenters. The Kier molecular flexibility index (Phi) is 6.68. The van der Waals surface area contributed by atoms with Crippen molar-refractivity contribution in [1.82, 2.24) is 4.90 Å². The standard InChI is InChI=1S/C25H35FN2O3/c1-28(21-6-14-30-15-7-21)23(29)25-11-8-24(9-12-25,10-13-25)20-2-4-22(5-3-20)31-18-19(16-26)17-27/h2-5,16,21H,6-15,17-18,27H2,1H3. The van der Waals surface area contributed by atoms with E-state index in [9.17, 15) is 9.18 Å². The fraction of sp³-hybridized carbons (Fsp3) is 0.640. The van der Waals surface area contributed by atoms with Crippen molar-refractivity contribution >= 4 is 5.91 Å². The first kappa shape index (κ1) is 22.3. The minimum atomic E-state index is -0.171. The maximum atomic E-state index is 13.5. The maximum Gasteiger partial charge on any atom is 0.228 e. The summed E-state index contributed by atoms with van der Waals surface area (Å²) in [6.45, 7) is 1.84. The lowest BCUT2D eigenvalue weighted by Crippen LogP contribution is -2.54. The van der Waals surface area contributed by atoms with Gasteiger partial charge in [-0.3, -0.25) is 4.79 Å². The summed E-state index contributed by atoms with van der Waals surface area (Å²) in [6, 6.07) is 8.55. The van der Waals surface area contributed by atoms with E-state index in [0.29, 0.717) is 23.9 Å². The van der Waals surface area contributed by atoms with Crippen molar-refractivity contribution in [3.8, 4) is 5.75 Å². The van der Waals surface area contributed by atoms with Crippen molar-refractivity contribution in [2.45, 2.75) is 62.8 Å². The molecule has 3 aliphatic carbocycles. The zero-order chi connectivity index (χ0) is 21.9. The fourth-order valence-corrected chi connectivity index (χ4v) is 5.77. The molecule has 1 saturated heterocycles. The van der Waals surface area contributed by atoms with Crippen molar-refractivity contribution in [2.75, 3.05) is 33.4 Å². The molecule has 1 aromatic rings. The molecule has 0 aromatic heterocycles. The second-order valence-electron chi connectivity index (χ2n) is 9.60. The lowest BCUT2D eigenvalue weighted by Gasteiger charge is -2.54. The number of benzene rings is 1. The average molecular weight is 431 g/mol. The summed E-state index contributed by atoms with van der Waals surface area (Å²) < 4.78 is 23.8. The van der Waals surface area contributed by atoms with Gasteiger partial charge >= 0.3 is 0 Å². The van der Waals surface area contributed by atoms with E-state index in [2.05, 4.69) is 12.1 Å². The predicted molar refractivity (Wildman–Crippen MR) is 119 cm³/mol. The topological polar surface area (TPSA) is 64.8 Å². The van der Waals surface area contributed by atoms with Gasteiger partial charge in [-0.05, 0) is 74.5 Å². The molecule has 1 aromatic carbocycles. The van der Waals surface area contributed by atoms with E-state index in [4.69, 9.17) is 15.2 Å². The van der Waals surface area contributed by atoms with Crippen molar-refractivity contribution in [3.05, 3.63) is 41.7 Å². The largest absolute Gasteiger partial charge is 0.489 e. The second kappa shape index (κ2) is 9.29. The molecule has 2 N–H and O–H groups in total. The summed E-state index contributed by atoms with van der Waals surface area (Å²) in [5, 5.41) is 0. The third-order valence-electron chi connectivity index (χ3n) is 8.07. The quantitative estimate of drug-likeness (QED) is 0.707. The molecule has 1 amide bonds. The van der Waals surface area contributed by atoms with E-state index in [1.165, 1.54) is 5.56 Å². The lowest BCUT2D eigenvalue weighted by atomic mass is 9.51.